The lowest BCUT2D eigenvalue weighted by Gasteiger charge is -2.43. The van der Waals surface area contributed by atoms with Crippen molar-refractivity contribution < 1.29 is 19.7 Å². The van der Waals surface area contributed by atoms with Crippen molar-refractivity contribution >= 4 is 17.4 Å². The Labute approximate surface area is 134 Å². The van der Waals surface area contributed by atoms with Crippen LogP contribution in [0.4, 0.5) is 4.79 Å². The fraction of sp³-hybridized carbons (Fsp3) is 0.562. The number of ether oxygens (including phenoxy) is 1. The van der Waals surface area contributed by atoms with Crippen LogP contribution in [0.1, 0.15) is 37.6 Å². The van der Waals surface area contributed by atoms with Crippen LogP contribution in [0.15, 0.2) is 22.8 Å². The van der Waals surface area contributed by atoms with Crippen molar-refractivity contribution in [2.24, 2.45) is 0 Å². The van der Waals surface area contributed by atoms with E-state index in [0.717, 1.165) is 21.8 Å². The third kappa shape index (κ3) is 3.28. The highest BCUT2D eigenvalue weighted by molar-refractivity contribution is 7.10. The molecule has 0 aliphatic carbocycles. The normalized spacial score (nSPS) is 25.0. The molecule has 0 radical (unpaired) electrons. The average molecular weight is 325 g/mol. The van der Waals surface area contributed by atoms with Gasteiger partial charge < -0.3 is 19.8 Å². The Morgan fingerprint density at radius 1 is 1.45 bits per heavy atom. The number of amides is 1. The third-order valence-corrected chi connectivity index (χ3v) is 5.07. The van der Waals surface area contributed by atoms with Gasteiger partial charge in [-0.2, -0.15) is 0 Å². The zero-order valence-corrected chi connectivity index (χ0v) is 14.2. The Kier molecular flexibility index (Phi) is 4.82. The third-order valence-electron chi connectivity index (χ3n) is 4.21. The second-order valence-corrected chi connectivity index (χ2v) is 7.13. The smallest absolute Gasteiger partial charge is 0.407 e. The molecule has 122 valence electrons. The van der Waals surface area contributed by atoms with Crippen molar-refractivity contribution in [2.75, 3.05) is 13.1 Å². The maximum Gasteiger partial charge on any atom is 0.407 e. The number of piperidine rings is 1. The number of likely N-dealkylation sites (tertiary alicyclic amines) is 1. The van der Waals surface area contributed by atoms with E-state index in [0.29, 0.717) is 13.0 Å². The van der Waals surface area contributed by atoms with E-state index in [1.165, 1.54) is 4.90 Å². The van der Waals surface area contributed by atoms with Crippen LogP contribution in [0.2, 0.25) is 0 Å². The van der Waals surface area contributed by atoms with E-state index in [2.05, 4.69) is 0 Å². The number of aryl methyl sites for hydroxylation is 1. The molecule has 2 atom stereocenters. The van der Waals surface area contributed by atoms with Gasteiger partial charge in [0.25, 0.3) is 0 Å². The summed E-state index contributed by atoms with van der Waals surface area (Å²) in [5, 5.41) is 22.3. The summed E-state index contributed by atoms with van der Waals surface area (Å²) in [6.45, 7) is 8.15. The van der Waals surface area contributed by atoms with E-state index in [1.54, 1.807) is 11.3 Å². The molecule has 2 rings (SSSR count). The summed E-state index contributed by atoms with van der Waals surface area (Å²) in [6.07, 6.45) is -1.26. The Hall–Kier alpha value is -1.53. The van der Waals surface area contributed by atoms with Gasteiger partial charge in [0.2, 0.25) is 0 Å². The summed E-state index contributed by atoms with van der Waals surface area (Å²) in [7, 11) is 0. The molecule has 1 aromatic heterocycles. The lowest BCUT2D eigenvalue weighted by atomic mass is 9.83. The molecule has 1 saturated heterocycles. The predicted octanol–water partition coefficient (Wildman–Crippen LogP) is 3.33. The first-order valence-electron chi connectivity index (χ1n) is 7.30. The zero-order chi connectivity index (χ0) is 16.5. The fourth-order valence-corrected chi connectivity index (χ4v) is 3.33. The van der Waals surface area contributed by atoms with Gasteiger partial charge in [-0.05, 0) is 50.3 Å². The molecule has 1 aliphatic rings. The van der Waals surface area contributed by atoms with Gasteiger partial charge in [0.15, 0.2) is 0 Å². The van der Waals surface area contributed by atoms with Crippen LogP contribution in [0.25, 0.3) is 0 Å². The molecular formula is C16H23NO4S. The lowest BCUT2D eigenvalue weighted by molar-refractivity contribution is -0.130. The molecule has 6 heteroatoms. The Morgan fingerprint density at radius 3 is 2.64 bits per heavy atom. The predicted molar refractivity (Wildman–Crippen MR) is 86.1 cm³/mol. The molecule has 0 saturated carbocycles. The monoisotopic (exact) mass is 325 g/mol. The van der Waals surface area contributed by atoms with Gasteiger partial charge in [-0.15, -0.1) is 11.3 Å². The summed E-state index contributed by atoms with van der Waals surface area (Å²) >= 11 is 1.57. The van der Waals surface area contributed by atoms with E-state index >= 15 is 0 Å². The first kappa shape index (κ1) is 16.8. The minimum atomic E-state index is -1.16. The molecule has 1 amide bonds. The van der Waals surface area contributed by atoms with E-state index < -0.39 is 17.8 Å². The summed E-state index contributed by atoms with van der Waals surface area (Å²) in [5.41, 5.74) is 0.663. The van der Waals surface area contributed by atoms with E-state index in [9.17, 15) is 15.0 Å². The van der Waals surface area contributed by atoms with Crippen molar-refractivity contribution in [1.29, 1.82) is 0 Å². The Morgan fingerprint density at radius 2 is 2.14 bits per heavy atom. The molecule has 5 nitrogen and oxygen atoms in total. The largest absolute Gasteiger partial charge is 0.490 e. The molecule has 0 spiro atoms. The first-order chi connectivity index (χ1) is 10.2. The number of carboxylic acid groups (broad SMARTS) is 1. The van der Waals surface area contributed by atoms with Crippen LogP contribution in [0.5, 0.6) is 0 Å². The number of hydrogen-bond donors (Lipinski definition) is 2. The van der Waals surface area contributed by atoms with Crippen LogP contribution in [0.3, 0.4) is 0 Å². The molecule has 1 aliphatic heterocycles. The van der Waals surface area contributed by atoms with Gasteiger partial charge in [0.1, 0.15) is 11.7 Å². The molecule has 1 aromatic rings. The molecule has 2 heterocycles. The van der Waals surface area contributed by atoms with Gasteiger partial charge in [-0.3, -0.25) is 0 Å². The van der Waals surface area contributed by atoms with Crippen molar-refractivity contribution in [3.05, 3.63) is 33.2 Å². The molecular weight excluding hydrogens is 302 g/mol. The second-order valence-electron chi connectivity index (χ2n) is 6.01. The van der Waals surface area contributed by atoms with Crippen LogP contribution in [-0.2, 0) is 10.3 Å². The standard InChI is InChI=1S/C16H23NO4S/c1-10(2)12(4)21-14-8-17(15(18)19)6-5-16(14,20)13-7-11(3)22-9-13/h7,9,14,20H,5-6,8H2,1-4H3,(H,18,19)/t14-,16-/m0/s1. The van der Waals surface area contributed by atoms with E-state index in [4.69, 9.17) is 4.74 Å². The zero-order valence-electron chi connectivity index (χ0n) is 13.4. The van der Waals surface area contributed by atoms with Crippen LogP contribution in [-0.4, -0.2) is 40.4 Å². The first-order valence-corrected chi connectivity index (χ1v) is 8.18. The Balaban J connectivity index is 2.33. The fourth-order valence-electron chi connectivity index (χ4n) is 2.55. The molecule has 0 aromatic carbocycles. The summed E-state index contributed by atoms with van der Waals surface area (Å²) in [6, 6.07) is 1.95. The highest BCUT2D eigenvalue weighted by Gasteiger charge is 2.46. The molecule has 22 heavy (non-hydrogen) atoms. The van der Waals surface area contributed by atoms with Crippen LogP contribution < -0.4 is 0 Å². The topological polar surface area (TPSA) is 70.0 Å². The van der Waals surface area contributed by atoms with E-state index in [-0.39, 0.29) is 6.54 Å². The van der Waals surface area contributed by atoms with Gasteiger partial charge in [0, 0.05) is 17.8 Å². The number of nitrogens with zero attached hydrogens (tertiary/aromatic N) is 1. The molecule has 2 N–H and O–H groups in total. The lowest BCUT2D eigenvalue weighted by Crippen LogP contribution is -2.55. The SMILES string of the molecule is CC(C)=C(C)O[C@H]1CN(C(=O)O)CC[C@]1(O)c1csc(C)c1. The summed E-state index contributed by atoms with van der Waals surface area (Å²) in [5.74, 6) is 0.725. The number of rotatable bonds is 3. The molecule has 1 fully saturated rings. The maximum atomic E-state index is 11.3. The molecule has 0 bridgehead atoms. The maximum absolute atomic E-state index is 11.3. The van der Waals surface area contributed by atoms with Gasteiger partial charge in [0.05, 0.1) is 12.3 Å². The van der Waals surface area contributed by atoms with Crippen molar-refractivity contribution in [1.82, 2.24) is 4.90 Å². The summed E-state index contributed by atoms with van der Waals surface area (Å²) < 4.78 is 5.94. The number of aliphatic hydroxyl groups is 1. The van der Waals surface area contributed by atoms with Crippen molar-refractivity contribution in [2.45, 2.75) is 45.8 Å². The van der Waals surface area contributed by atoms with Crippen molar-refractivity contribution in [3.8, 4) is 0 Å². The van der Waals surface area contributed by atoms with Gasteiger partial charge in [-0.1, -0.05) is 0 Å². The number of hydrogen-bond acceptors (Lipinski definition) is 4. The second kappa shape index (κ2) is 6.30. The summed E-state index contributed by atoms with van der Waals surface area (Å²) in [4.78, 5) is 13.7. The van der Waals surface area contributed by atoms with Gasteiger partial charge >= 0.3 is 6.09 Å². The highest BCUT2D eigenvalue weighted by Crippen LogP contribution is 2.38. The number of carbonyl (C=O) groups is 1. The van der Waals surface area contributed by atoms with Crippen molar-refractivity contribution in [3.63, 3.8) is 0 Å². The van der Waals surface area contributed by atoms with E-state index in [1.807, 2.05) is 39.1 Å². The molecule has 0 unspecified atom stereocenters. The minimum absolute atomic E-state index is 0.158. The highest BCUT2D eigenvalue weighted by atomic mass is 32.1. The van der Waals surface area contributed by atoms with Crippen LogP contribution in [0, 0.1) is 6.92 Å². The Bertz CT molecular complexity index is 591. The quantitative estimate of drug-likeness (QED) is 0.836. The number of allylic oxidation sites excluding steroid dienone is 2. The average Bonchev–Trinajstić information content (AvgIpc) is 2.88. The van der Waals surface area contributed by atoms with Crippen LogP contribution >= 0.6 is 11.3 Å². The minimum Gasteiger partial charge on any atom is -0.490 e. The van der Waals surface area contributed by atoms with Gasteiger partial charge in [-0.25, -0.2) is 4.79 Å². The number of thiophene rings is 1.